The quantitative estimate of drug-likeness (QED) is 0.697. The molecule has 0 aromatic carbocycles. The fourth-order valence-corrected chi connectivity index (χ4v) is 1.16. The highest BCUT2D eigenvalue weighted by Gasteiger charge is 2.12. The third-order valence-corrected chi connectivity index (χ3v) is 1.89. The lowest BCUT2D eigenvalue weighted by molar-refractivity contribution is 0.535. The van der Waals surface area contributed by atoms with Crippen LogP contribution in [0.5, 0.6) is 0 Å². The molecule has 1 rings (SSSR count). The molecule has 4 heteroatoms. The van der Waals surface area contributed by atoms with Gasteiger partial charge in [-0.05, 0) is 20.3 Å². The minimum Gasteiger partial charge on any atom is -0.394 e. The number of nitrogens with zero attached hydrogens (tertiary/aromatic N) is 2. The van der Waals surface area contributed by atoms with Crippen LogP contribution < -0.4 is 11.5 Å². The van der Waals surface area contributed by atoms with Gasteiger partial charge in [0.15, 0.2) is 0 Å². The zero-order chi connectivity index (χ0) is 9.30. The van der Waals surface area contributed by atoms with E-state index in [2.05, 4.69) is 5.10 Å². The smallest absolute Gasteiger partial charge is 0.145 e. The molecule has 68 valence electrons. The van der Waals surface area contributed by atoms with E-state index in [4.69, 9.17) is 11.5 Å². The van der Waals surface area contributed by atoms with Crippen molar-refractivity contribution in [3.05, 3.63) is 5.69 Å². The van der Waals surface area contributed by atoms with Crippen LogP contribution in [0.25, 0.3) is 0 Å². The Morgan fingerprint density at radius 1 is 1.42 bits per heavy atom. The SMILES string of the molecule is CCc1nn(C(C)C)c(N)c1N. The van der Waals surface area contributed by atoms with Crippen molar-refractivity contribution in [2.75, 3.05) is 11.5 Å². The Labute approximate surface area is 72.5 Å². The van der Waals surface area contributed by atoms with Gasteiger partial charge in [0, 0.05) is 6.04 Å². The van der Waals surface area contributed by atoms with Crippen LogP contribution in [-0.2, 0) is 6.42 Å². The highest BCUT2D eigenvalue weighted by Crippen LogP contribution is 2.22. The van der Waals surface area contributed by atoms with Crippen molar-refractivity contribution in [1.82, 2.24) is 9.78 Å². The van der Waals surface area contributed by atoms with Gasteiger partial charge in [0.1, 0.15) is 5.82 Å². The van der Waals surface area contributed by atoms with E-state index >= 15 is 0 Å². The molecule has 0 aliphatic heterocycles. The van der Waals surface area contributed by atoms with Crippen LogP contribution in [0.1, 0.15) is 32.5 Å². The van der Waals surface area contributed by atoms with E-state index in [0.29, 0.717) is 11.5 Å². The van der Waals surface area contributed by atoms with Gasteiger partial charge >= 0.3 is 0 Å². The summed E-state index contributed by atoms with van der Waals surface area (Å²) in [6, 6.07) is 0.271. The lowest BCUT2D eigenvalue weighted by Gasteiger charge is -2.06. The van der Waals surface area contributed by atoms with Gasteiger partial charge in [0.05, 0.1) is 11.4 Å². The second-order valence-electron chi connectivity index (χ2n) is 3.14. The minimum absolute atomic E-state index is 0.271. The second-order valence-corrected chi connectivity index (χ2v) is 3.14. The predicted molar refractivity (Wildman–Crippen MR) is 50.8 cm³/mol. The third kappa shape index (κ3) is 1.24. The third-order valence-electron chi connectivity index (χ3n) is 1.89. The Balaban J connectivity index is 3.16. The molecule has 0 aliphatic rings. The van der Waals surface area contributed by atoms with Crippen molar-refractivity contribution in [3.8, 4) is 0 Å². The molecule has 0 unspecified atom stereocenters. The van der Waals surface area contributed by atoms with Crippen molar-refractivity contribution in [2.45, 2.75) is 33.2 Å². The number of nitrogens with two attached hydrogens (primary N) is 2. The summed E-state index contributed by atoms with van der Waals surface area (Å²) in [5.74, 6) is 0.585. The van der Waals surface area contributed by atoms with Gasteiger partial charge in [0.25, 0.3) is 0 Å². The highest BCUT2D eigenvalue weighted by molar-refractivity contribution is 5.62. The molecule has 0 saturated carbocycles. The molecule has 0 aliphatic carbocycles. The van der Waals surface area contributed by atoms with Crippen LogP contribution >= 0.6 is 0 Å². The molecule has 0 atom stereocenters. The van der Waals surface area contributed by atoms with E-state index in [0.717, 1.165) is 12.1 Å². The maximum Gasteiger partial charge on any atom is 0.145 e. The largest absolute Gasteiger partial charge is 0.394 e. The Morgan fingerprint density at radius 2 is 2.00 bits per heavy atom. The Hall–Kier alpha value is -1.19. The van der Waals surface area contributed by atoms with Crippen LogP contribution in [-0.4, -0.2) is 9.78 Å². The summed E-state index contributed by atoms with van der Waals surface area (Å²) in [6.45, 7) is 6.08. The summed E-state index contributed by atoms with van der Waals surface area (Å²) in [4.78, 5) is 0. The zero-order valence-electron chi connectivity index (χ0n) is 7.83. The molecule has 4 N–H and O–H groups in total. The van der Waals surface area contributed by atoms with Crippen LogP contribution in [0.3, 0.4) is 0 Å². The first kappa shape index (κ1) is 8.90. The average Bonchev–Trinajstić information content (AvgIpc) is 2.30. The number of anilines is 2. The number of rotatable bonds is 2. The monoisotopic (exact) mass is 168 g/mol. The molecular formula is C8H16N4. The first-order valence-corrected chi connectivity index (χ1v) is 4.20. The molecule has 0 saturated heterocycles. The predicted octanol–water partition coefficient (Wildman–Crippen LogP) is 1.19. The van der Waals surface area contributed by atoms with Crippen LogP contribution in [0.2, 0.25) is 0 Å². The summed E-state index contributed by atoms with van der Waals surface area (Å²) >= 11 is 0. The average molecular weight is 168 g/mol. The molecule has 1 aromatic rings. The van der Waals surface area contributed by atoms with Crippen molar-refractivity contribution in [3.63, 3.8) is 0 Å². The van der Waals surface area contributed by atoms with Crippen molar-refractivity contribution in [2.24, 2.45) is 0 Å². The summed E-state index contributed by atoms with van der Waals surface area (Å²) in [7, 11) is 0. The molecule has 0 amide bonds. The number of hydrogen-bond acceptors (Lipinski definition) is 3. The van der Waals surface area contributed by atoms with E-state index in [9.17, 15) is 0 Å². The summed E-state index contributed by atoms with van der Waals surface area (Å²) in [6.07, 6.45) is 0.829. The number of hydrogen-bond donors (Lipinski definition) is 2. The van der Waals surface area contributed by atoms with Gasteiger partial charge in [-0.1, -0.05) is 6.92 Å². The van der Waals surface area contributed by atoms with E-state index in [1.165, 1.54) is 0 Å². The standard InChI is InChI=1S/C8H16N4/c1-4-6-7(9)8(10)12(11-6)5(2)3/h5H,4,9-10H2,1-3H3. The van der Waals surface area contributed by atoms with Crippen LogP contribution in [0.15, 0.2) is 0 Å². The lowest BCUT2D eigenvalue weighted by atomic mass is 10.3. The fourth-order valence-electron chi connectivity index (χ4n) is 1.16. The lowest BCUT2D eigenvalue weighted by Crippen LogP contribution is -2.07. The molecule has 0 bridgehead atoms. The maximum atomic E-state index is 5.76. The Bertz CT molecular complexity index is 275. The fraction of sp³-hybridized carbons (Fsp3) is 0.625. The number of nitrogen functional groups attached to an aromatic ring is 2. The summed E-state index contributed by atoms with van der Waals surface area (Å²) in [5, 5.41) is 4.29. The highest BCUT2D eigenvalue weighted by atomic mass is 15.3. The Morgan fingerprint density at radius 3 is 2.25 bits per heavy atom. The van der Waals surface area contributed by atoms with Gasteiger partial charge < -0.3 is 11.5 Å². The molecule has 4 nitrogen and oxygen atoms in total. The molecule has 0 fully saturated rings. The molecule has 12 heavy (non-hydrogen) atoms. The van der Waals surface area contributed by atoms with Crippen LogP contribution in [0, 0.1) is 0 Å². The van der Waals surface area contributed by atoms with E-state index < -0.39 is 0 Å². The van der Waals surface area contributed by atoms with Crippen molar-refractivity contribution < 1.29 is 0 Å². The molecule has 1 heterocycles. The molecule has 0 spiro atoms. The van der Waals surface area contributed by atoms with Crippen molar-refractivity contribution in [1.29, 1.82) is 0 Å². The summed E-state index contributed by atoms with van der Waals surface area (Å²) in [5.41, 5.74) is 13.0. The van der Waals surface area contributed by atoms with E-state index in [1.807, 2.05) is 20.8 Å². The van der Waals surface area contributed by atoms with Crippen molar-refractivity contribution >= 4 is 11.5 Å². The normalized spacial score (nSPS) is 11.0. The van der Waals surface area contributed by atoms with Gasteiger partial charge in [-0.2, -0.15) is 5.10 Å². The number of aromatic nitrogens is 2. The first-order chi connectivity index (χ1) is 5.57. The summed E-state index contributed by atoms with van der Waals surface area (Å²) < 4.78 is 1.76. The Kier molecular flexibility index (Phi) is 2.26. The molecular weight excluding hydrogens is 152 g/mol. The van der Waals surface area contributed by atoms with Gasteiger partial charge in [-0.3, -0.25) is 0 Å². The van der Waals surface area contributed by atoms with Gasteiger partial charge in [-0.15, -0.1) is 0 Å². The minimum atomic E-state index is 0.271. The topological polar surface area (TPSA) is 69.9 Å². The zero-order valence-corrected chi connectivity index (χ0v) is 7.83. The van der Waals surface area contributed by atoms with E-state index in [1.54, 1.807) is 4.68 Å². The maximum absolute atomic E-state index is 5.76. The van der Waals surface area contributed by atoms with Gasteiger partial charge in [-0.25, -0.2) is 4.68 Å². The first-order valence-electron chi connectivity index (χ1n) is 4.20. The number of aryl methyl sites for hydroxylation is 1. The van der Waals surface area contributed by atoms with Crippen LogP contribution in [0.4, 0.5) is 11.5 Å². The van der Waals surface area contributed by atoms with E-state index in [-0.39, 0.29) is 6.04 Å². The molecule has 0 radical (unpaired) electrons. The van der Waals surface area contributed by atoms with Gasteiger partial charge in [0.2, 0.25) is 0 Å². The molecule has 1 aromatic heterocycles. The second kappa shape index (κ2) is 3.05.